The molecule has 1 aromatic carbocycles. The van der Waals surface area contributed by atoms with Crippen molar-refractivity contribution in [3.05, 3.63) is 35.4 Å². The lowest BCUT2D eigenvalue weighted by atomic mass is 10.1. The molecule has 0 saturated carbocycles. The Balaban J connectivity index is 2.27. The molecule has 0 amide bonds. The van der Waals surface area contributed by atoms with E-state index < -0.39 is 11.6 Å². The summed E-state index contributed by atoms with van der Waals surface area (Å²) in [5.74, 6) is -1.01. The van der Waals surface area contributed by atoms with Gasteiger partial charge in [0.1, 0.15) is 11.6 Å². The largest absolute Gasteiger partial charge is 0.310 e. The first-order chi connectivity index (χ1) is 9.56. The van der Waals surface area contributed by atoms with Crippen molar-refractivity contribution < 1.29 is 8.78 Å². The molecule has 0 aromatic heterocycles. The van der Waals surface area contributed by atoms with Gasteiger partial charge in [-0.15, -0.1) is 0 Å². The molecule has 1 atom stereocenters. The van der Waals surface area contributed by atoms with E-state index in [-0.39, 0.29) is 0 Å². The van der Waals surface area contributed by atoms with Crippen LogP contribution in [-0.2, 0) is 6.54 Å². The summed E-state index contributed by atoms with van der Waals surface area (Å²) in [6.07, 6.45) is 2.18. The van der Waals surface area contributed by atoms with Crippen LogP contribution in [0.4, 0.5) is 8.78 Å². The molecule has 0 saturated heterocycles. The van der Waals surface area contributed by atoms with Crippen LogP contribution in [0, 0.1) is 11.6 Å². The lowest BCUT2D eigenvalue weighted by molar-refractivity contribution is 0.290. The maximum atomic E-state index is 13.5. The molecule has 0 radical (unpaired) electrons. The van der Waals surface area contributed by atoms with Gasteiger partial charge in [0.05, 0.1) is 0 Å². The van der Waals surface area contributed by atoms with Gasteiger partial charge in [0, 0.05) is 24.2 Å². The summed E-state index contributed by atoms with van der Waals surface area (Å²) < 4.78 is 26.3. The Morgan fingerprint density at radius 3 is 2.50 bits per heavy atom. The van der Waals surface area contributed by atoms with Crippen LogP contribution in [0.2, 0.25) is 0 Å². The Labute approximate surface area is 121 Å². The van der Waals surface area contributed by atoms with E-state index in [1.165, 1.54) is 12.1 Å². The van der Waals surface area contributed by atoms with Gasteiger partial charge in [0.2, 0.25) is 0 Å². The van der Waals surface area contributed by atoms with Crippen molar-refractivity contribution in [3.63, 3.8) is 0 Å². The molecule has 1 rings (SSSR count). The van der Waals surface area contributed by atoms with Crippen LogP contribution in [-0.4, -0.2) is 30.6 Å². The third-order valence-corrected chi connectivity index (χ3v) is 3.66. The molecule has 4 heteroatoms. The van der Waals surface area contributed by atoms with Crippen molar-refractivity contribution in [1.82, 2.24) is 10.2 Å². The van der Waals surface area contributed by atoms with Crippen LogP contribution in [0.15, 0.2) is 18.2 Å². The second-order valence-electron chi connectivity index (χ2n) is 5.19. The van der Waals surface area contributed by atoms with Gasteiger partial charge < -0.3 is 10.2 Å². The van der Waals surface area contributed by atoms with Crippen LogP contribution in [0.25, 0.3) is 0 Å². The van der Waals surface area contributed by atoms with Crippen molar-refractivity contribution in [2.75, 3.05) is 19.6 Å². The van der Waals surface area contributed by atoms with E-state index in [0.29, 0.717) is 18.2 Å². The van der Waals surface area contributed by atoms with E-state index in [1.807, 2.05) is 0 Å². The lowest BCUT2D eigenvalue weighted by Crippen LogP contribution is -2.29. The van der Waals surface area contributed by atoms with Gasteiger partial charge in [-0.2, -0.15) is 0 Å². The molecule has 1 unspecified atom stereocenters. The number of rotatable bonds is 9. The van der Waals surface area contributed by atoms with E-state index in [2.05, 4.69) is 31.0 Å². The lowest BCUT2D eigenvalue weighted by Gasteiger charge is -2.20. The van der Waals surface area contributed by atoms with Crippen molar-refractivity contribution in [2.45, 2.75) is 46.2 Å². The van der Waals surface area contributed by atoms with Gasteiger partial charge >= 0.3 is 0 Å². The molecule has 0 heterocycles. The Bertz CT molecular complexity index is 392. The van der Waals surface area contributed by atoms with Gasteiger partial charge in [-0.25, -0.2) is 8.78 Å². The Morgan fingerprint density at radius 1 is 1.20 bits per heavy atom. The van der Waals surface area contributed by atoms with Crippen LogP contribution in [0.1, 0.15) is 39.2 Å². The molecule has 0 aliphatic heterocycles. The number of hydrogen-bond acceptors (Lipinski definition) is 2. The summed E-state index contributed by atoms with van der Waals surface area (Å²) in [5.41, 5.74) is 0.516. The minimum absolute atomic E-state index is 0.329. The highest BCUT2D eigenvalue weighted by molar-refractivity contribution is 5.18. The average Bonchev–Trinajstić information content (AvgIpc) is 2.42. The SMILES string of the molecule is CCN(CC)CCCC(C)NCc1ccc(F)cc1F. The molecule has 1 aromatic rings. The molecule has 0 spiro atoms. The predicted octanol–water partition coefficient (Wildman–Crippen LogP) is 3.56. The zero-order chi connectivity index (χ0) is 15.0. The summed E-state index contributed by atoms with van der Waals surface area (Å²) in [6.45, 7) is 10.1. The fourth-order valence-electron chi connectivity index (χ4n) is 2.21. The van der Waals surface area contributed by atoms with Crippen molar-refractivity contribution in [2.24, 2.45) is 0 Å². The van der Waals surface area contributed by atoms with E-state index in [9.17, 15) is 8.78 Å². The predicted molar refractivity (Wildman–Crippen MR) is 79.7 cm³/mol. The van der Waals surface area contributed by atoms with Gasteiger partial charge in [-0.05, 0) is 45.5 Å². The Kier molecular flexibility index (Phi) is 7.70. The van der Waals surface area contributed by atoms with Crippen molar-refractivity contribution in [3.8, 4) is 0 Å². The normalized spacial score (nSPS) is 12.9. The van der Waals surface area contributed by atoms with Gasteiger partial charge in [-0.3, -0.25) is 0 Å². The summed E-state index contributed by atoms with van der Waals surface area (Å²) >= 11 is 0. The van der Waals surface area contributed by atoms with E-state index >= 15 is 0 Å². The van der Waals surface area contributed by atoms with Crippen LogP contribution in [0.3, 0.4) is 0 Å². The highest BCUT2D eigenvalue weighted by atomic mass is 19.1. The third kappa shape index (κ3) is 5.97. The van der Waals surface area contributed by atoms with Gasteiger partial charge in [0.15, 0.2) is 0 Å². The molecule has 2 nitrogen and oxygen atoms in total. The monoisotopic (exact) mass is 284 g/mol. The van der Waals surface area contributed by atoms with Gasteiger partial charge in [0.25, 0.3) is 0 Å². The molecule has 114 valence electrons. The first-order valence-electron chi connectivity index (χ1n) is 7.46. The minimum Gasteiger partial charge on any atom is -0.310 e. The average molecular weight is 284 g/mol. The molecule has 0 aliphatic rings. The summed E-state index contributed by atoms with van der Waals surface area (Å²) in [6, 6.07) is 4.06. The maximum Gasteiger partial charge on any atom is 0.130 e. The van der Waals surface area contributed by atoms with Gasteiger partial charge in [-0.1, -0.05) is 19.9 Å². The zero-order valence-corrected chi connectivity index (χ0v) is 12.8. The Morgan fingerprint density at radius 2 is 1.90 bits per heavy atom. The van der Waals surface area contributed by atoms with Crippen LogP contribution >= 0.6 is 0 Å². The third-order valence-electron chi connectivity index (χ3n) is 3.66. The first kappa shape index (κ1) is 17.1. The molecule has 0 aliphatic carbocycles. The molecule has 0 bridgehead atoms. The number of hydrogen-bond donors (Lipinski definition) is 1. The van der Waals surface area contributed by atoms with Crippen LogP contribution < -0.4 is 5.32 Å². The minimum atomic E-state index is -0.529. The number of nitrogens with one attached hydrogen (secondary N) is 1. The fourth-order valence-corrected chi connectivity index (χ4v) is 2.21. The number of nitrogens with zero attached hydrogens (tertiary/aromatic N) is 1. The van der Waals surface area contributed by atoms with E-state index in [0.717, 1.165) is 38.5 Å². The maximum absolute atomic E-state index is 13.5. The first-order valence-corrected chi connectivity index (χ1v) is 7.46. The highest BCUT2D eigenvalue weighted by Gasteiger charge is 2.07. The molecule has 1 N–H and O–H groups in total. The molecule has 20 heavy (non-hydrogen) atoms. The molecule has 0 fully saturated rings. The summed E-state index contributed by atoms with van der Waals surface area (Å²) in [5, 5.41) is 3.29. The van der Waals surface area contributed by atoms with E-state index in [4.69, 9.17) is 0 Å². The van der Waals surface area contributed by atoms with Crippen LogP contribution in [0.5, 0.6) is 0 Å². The smallest absolute Gasteiger partial charge is 0.130 e. The summed E-state index contributed by atoms with van der Waals surface area (Å²) in [7, 11) is 0. The topological polar surface area (TPSA) is 15.3 Å². The highest BCUT2D eigenvalue weighted by Crippen LogP contribution is 2.10. The fraction of sp³-hybridized carbons (Fsp3) is 0.625. The van der Waals surface area contributed by atoms with Crippen molar-refractivity contribution >= 4 is 0 Å². The second-order valence-corrected chi connectivity index (χ2v) is 5.19. The number of halogens is 2. The quantitative estimate of drug-likeness (QED) is 0.746. The summed E-state index contributed by atoms with van der Waals surface area (Å²) in [4.78, 5) is 2.40. The molecular formula is C16H26F2N2. The molecular weight excluding hydrogens is 258 g/mol. The van der Waals surface area contributed by atoms with E-state index in [1.54, 1.807) is 0 Å². The second kappa shape index (κ2) is 9.03. The van der Waals surface area contributed by atoms with Crippen molar-refractivity contribution in [1.29, 1.82) is 0 Å². The number of benzene rings is 1. The standard InChI is InChI=1S/C16H26F2N2/c1-4-20(5-2)10-6-7-13(3)19-12-14-8-9-15(17)11-16(14)18/h8-9,11,13,19H,4-7,10,12H2,1-3H3. The Hall–Kier alpha value is -1.00. The zero-order valence-electron chi connectivity index (χ0n) is 12.8.